The van der Waals surface area contributed by atoms with Gasteiger partial charge in [0.05, 0.1) is 0 Å². The topological polar surface area (TPSA) is 32.3 Å². The van der Waals surface area contributed by atoms with E-state index in [0.29, 0.717) is 5.92 Å². The van der Waals surface area contributed by atoms with Crippen LogP contribution in [-0.2, 0) is 16.8 Å². The SMILES string of the molecule is CC(=O)Nc1cccc([C@@]2(C)CCN(Cc3ccccc3)C[C@@H]2C)c1. The van der Waals surface area contributed by atoms with Gasteiger partial charge >= 0.3 is 0 Å². The molecule has 1 aliphatic heterocycles. The zero-order valence-corrected chi connectivity index (χ0v) is 15.5. The van der Waals surface area contributed by atoms with Crippen LogP contribution in [0.5, 0.6) is 0 Å². The fourth-order valence-corrected chi connectivity index (χ4v) is 3.89. The summed E-state index contributed by atoms with van der Waals surface area (Å²) >= 11 is 0. The first-order valence-electron chi connectivity index (χ1n) is 9.12. The van der Waals surface area contributed by atoms with E-state index in [1.165, 1.54) is 11.1 Å². The summed E-state index contributed by atoms with van der Waals surface area (Å²) in [5.41, 5.74) is 3.74. The Hall–Kier alpha value is -2.13. The third-order valence-corrected chi connectivity index (χ3v) is 5.66. The second kappa shape index (κ2) is 7.40. The highest BCUT2D eigenvalue weighted by Crippen LogP contribution is 2.40. The van der Waals surface area contributed by atoms with Crippen LogP contribution in [0.15, 0.2) is 54.6 Å². The van der Waals surface area contributed by atoms with Gasteiger partial charge in [-0.05, 0) is 47.6 Å². The zero-order valence-electron chi connectivity index (χ0n) is 15.5. The van der Waals surface area contributed by atoms with Gasteiger partial charge in [-0.25, -0.2) is 0 Å². The average Bonchev–Trinajstić information content (AvgIpc) is 2.59. The smallest absolute Gasteiger partial charge is 0.221 e. The Morgan fingerprint density at radius 1 is 1.20 bits per heavy atom. The van der Waals surface area contributed by atoms with Crippen molar-refractivity contribution in [2.75, 3.05) is 18.4 Å². The highest BCUT2D eigenvalue weighted by molar-refractivity contribution is 5.88. The number of benzene rings is 2. The molecule has 1 amide bonds. The molecule has 2 atom stereocenters. The van der Waals surface area contributed by atoms with Crippen LogP contribution in [0.3, 0.4) is 0 Å². The molecule has 0 unspecified atom stereocenters. The molecule has 2 aromatic rings. The molecule has 0 aliphatic carbocycles. The lowest BCUT2D eigenvalue weighted by Gasteiger charge is -2.45. The second-order valence-electron chi connectivity index (χ2n) is 7.55. The predicted octanol–water partition coefficient (Wildman–Crippen LogP) is 4.44. The van der Waals surface area contributed by atoms with Gasteiger partial charge in [-0.1, -0.05) is 56.3 Å². The van der Waals surface area contributed by atoms with Crippen LogP contribution in [0.2, 0.25) is 0 Å². The molecular weight excluding hydrogens is 308 g/mol. The van der Waals surface area contributed by atoms with Crippen molar-refractivity contribution in [1.82, 2.24) is 4.90 Å². The summed E-state index contributed by atoms with van der Waals surface area (Å²) in [4.78, 5) is 13.9. The fraction of sp³-hybridized carbons (Fsp3) is 0.409. The Morgan fingerprint density at radius 3 is 2.64 bits per heavy atom. The van der Waals surface area contributed by atoms with E-state index in [1.807, 2.05) is 6.07 Å². The van der Waals surface area contributed by atoms with Crippen LogP contribution in [-0.4, -0.2) is 23.9 Å². The molecule has 1 aliphatic rings. The molecule has 25 heavy (non-hydrogen) atoms. The Kier molecular flexibility index (Phi) is 5.24. The minimum atomic E-state index is -0.0203. The molecule has 0 aromatic heterocycles. The van der Waals surface area contributed by atoms with Crippen molar-refractivity contribution in [3.05, 3.63) is 65.7 Å². The van der Waals surface area contributed by atoms with Gasteiger partial charge in [0.15, 0.2) is 0 Å². The largest absolute Gasteiger partial charge is 0.326 e. The van der Waals surface area contributed by atoms with Gasteiger partial charge in [0, 0.05) is 25.7 Å². The van der Waals surface area contributed by atoms with Gasteiger partial charge in [0.1, 0.15) is 0 Å². The molecule has 0 saturated carbocycles. The maximum atomic E-state index is 11.3. The van der Waals surface area contributed by atoms with E-state index >= 15 is 0 Å². The van der Waals surface area contributed by atoms with Crippen LogP contribution in [0.1, 0.15) is 38.3 Å². The second-order valence-corrected chi connectivity index (χ2v) is 7.55. The lowest BCUT2D eigenvalue weighted by Crippen LogP contribution is -2.46. The highest BCUT2D eigenvalue weighted by Gasteiger charge is 2.38. The van der Waals surface area contributed by atoms with Crippen LogP contribution in [0.4, 0.5) is 5.69 Å². The van der Waals surface area contributed by atoms with Crippen molar-refractivity contribution in [2.24, 2.45) is 5.92 Å². The van der Waals surface area contributed by atoms with Crippen LogP contribution < -0.4 is 5.32 Å². The third-order valence-electron chi connectivity index (χ3n) is 5.66. The summed E-state index contributed by atoms with van der Waals surface area (Å²) in [6.07, 6.45) is 1.13. The number of carbonyl (C=O) groups excluding carboxylic acids is 1. The summed E-state index contributed by atoms with van der Waals surface area (Å²) in [5, 5.41) is 2.91. The summed E-state index contributed by atoms with van der Waals surface area (Å²) in [7, 11) is 0. The van der Waals surface area contributed by atoms with Gasteiger partial charge in [-0.3, -0.25) is 9.69 Å². The van der Waals surface area contributed by atoms with Crippen molar-refractivity contribution in [1.29, 1.82) is 0 Å². The molecule has 132 valence electrons. The maximum absolute atomic E-state index is 11.3. The minimum absolute atomic E-state index is 0.0203. The van der Waals surface area contributed by atoms with Crippen LogP contribution in [0.25, 0.3) is 0 Å². The summed E-state index contributed by atoms with van der Waals surface area (Å²) < 4.78 is 0. The number of rotatable bonds is 4. The average molecular weight is 336 g/mol. The van der Waals surface area contributed by atoms with E-state index in [1.54, 1.807) is 6.92 Å². The summed E-state index contributed by atoms with van der Waals surface area (Å²) in [6.45, 7) is 9.48. The fourth-order valence-electron chi connectivity index (χ4n) is 3.89. The van der Waals surface area contributed by atoms with Gasteiger partial charge in [0.25, 0.3) is 0 Å². The maximum Gasteiger partial charge on any atom is 0.221 e. The standard InChI is InChI=1S/C22H28N2O/c1-17-15-24(16-19-8-5-4-6-9-19)13-12-22(17,3)20-10-7-11-21(14-20)23-18(2)25/h4-11,14,17H,12-13,15-16H2,1-3H3,(H,23,25)/t17-,22-/m0/s1. The quantitative estimate of drug-likeness (QED) is 0.895. The monoisotopic (exact) mass is 336 g/mol. The van der Waals surface area contributed by atoms with E-state index in [0.717, 1.165) is 31.7 Å². The van der Waals surface area contributed by atoms with E-state index in [-0.39, 0.29) is 11.3 Å². The Balaban J connectivity index is 1.72. The minimum Gasteiger partial charge on any atom is -0.326 e. The Labute approximate surface area is 151 Å². The van der Waals surface area contributed by atoms with Crippen LogP contribution in [0, 0.1) is 5.92 Å². The molecular formula is C22H28N2O. The van der Waals surface area contributed by atoms with Crippen LogP contribution >= 0.6 is 0 Å². The first kappa shape index (κ1) is 17.7. The number of likely N-dealkylation sites (tertiary alicyclic amines) is 1. The number of hydrogen-bond donors (Lipinski definition) is 1. The van der Waals surface area contributed by atoms with Crippen molar-refractivity contribution in [2.45, 2.75) is 39.2 Å². The number of nitrogens with zero attached hydrogens (tertiary/aromatic N) is 1. The molecule has 3 nitrogen and oxygen atoms in total. The Bertz CT molecular complexity index is 728. The van der Waals surface area contributed by atoms with Crippen molar-refractivity contribution in [3.8, 4) is 0 Å². The molecule has 1 N–H and O–H groups in total. The van der Waals surface area contributed by atoms with Gasteiger partial charge in [-0.15, -0.1) is 0 Å². The molecule has 3 rings (SSSR count). The highest BCUT2D eigenvalue weighted by atomic mass is 16.1. The number of hydrogen-bond acceptors (Lipinski definition) is 2. The van der Waals surface area contributed by atoms with E-state index in [9.17, 15) is 4.79 Å². The van der Waals surface area contributed by atoms with Crippen molar-refractivity contribution in [3.63, 3.8) is 0 Å². The number of anilines is 1. The first-order valence-corrected chi connectivity index (χ1v) is 9.12. The third kappa shape index (κ3) is 4.10. The predicted molar refractivity (Wildman–Crippen MR) is 104 cm³/mol. The first-order chi connectivity index (χ1) is 12.0. The number of piperidine rings is 1. The lowest BCUT2D eigenvalue weighted by atomic mass is 9.68. The molecule has 2 aromatic carbocycles. The molecule has 3 heteroatoms. The van der Waals surface area contributed by atoms with E-state index in [2.05, 4.69) is 72.6 Å². The molecule has 1 fully saturated rings. The summed E-state index contributed by atoms with van der Waals surface area (Å²) in [6, 6.07) is 19.1. The summed E-state index contributed by atoms with van der Waals surface area (Å²) in [5.74, 6) is 0.533. The Morgan fingerprint density at radius 2 is 1.96 bits per heavy atom. The lowest BCUT2D eigenvalue weighted by molar-refractivity contribution is -0.114. The molecule has 0 bridgehead atoms. The number of carbonyl (C=O) groups is 1. The molecule has 1 heterocycles. The number of amides is 1. The van der Waals surface area contributed by atoms with E-state index in [4.69, 9.17) is 0 Å². The van der Waals surface area contributed by atoms with E-state index < -0.39 is 0 Å². The van der Waals surface area contributed by atoms with Gasteiger partial charge in [0.2, 0.25) is 5.91 Å². The van der Waals surface area contributed by atoms with Gasteiger partial charge < -0.3 is 5.32 Å². The van der Waals surface area contributed by atoms with Crippen molar-refractivity contribution < 1.29 is 4.79 Å². The van der Waals surface area contributed by atoms with Gasteiger partial charge in [-0.2, -0.15) is 0 Å². The zero-order chi connectivity index (χ0) is 17.9. The molecule has 0 radical (unpaired) electrons. The number of nitrogens with one attached hydrogen (secondary N) is 1. The molecule has 1 saturated heterocycles. The van der Waals surface area contributed by atoms with Crippen molar-refractivity contribution >= 4 is 11.6 Å². The normalized spacial score (nSPS) is 24.0. The molecule has 0 spiro atoms.